The second-order valence-corrected chi connectivity index (χ2v) is 6.60. The summed E-state index contributed by atoms with van der Waals surface area (Å²) in [6.45, 7) is 5.81. The lowest BCUT2D eigenvalue weighted by Crippen LogP contribution is -2.21. The van der Waals surface area contributed by atoms with Crippen molar-refractivity contribution in [2.24, 2.45) is 0 Å². The van der Waals surface area contributed by atoms with E-state index in [-0.39, 0.29) is 5.56 Å². The molecule has 0 aliphatic carbocycles. The zero-order valence-electron chi connectivity index (χ0n) is 14.4. The van der Waals surface area contributed by atoms with E-state index in [1.165, 1.54) is 11.1 Å². The number of nitrogens with one attached hydrogen (secondary N) is 1. The Morgan fingerprint density at radius 2 is 1.75 bits per heavy atom. The van der Waals surface area contributed by atoms with E-state index in [4.69, 9.17) is 0 Å². The van der Waals surface area contributed by atoms with Gasteiger partial charge in [0.1, 0.15) is 5.82 Å². The van der Waals surface area contributed by atoms with Crippen LogP contribution in [0.3, 0.4) is 0 Å². The zero-order chi connectivity index (χ0) is 17.1. The van der Waals surface area contributed by atoms with Crippen molar-refractivity contribution in [1.29, 1.82) is 0 Å². The van der Waals surface area contributed by atoms with E-state index in [1.54, 1.807) is 6.07 Å². The lowest BCUT2D eigenvalue weighted by Gasteiger charge is -2.17. The minimum absolute atomic E-state index is 0.0784. The average Bonchev–Trinajstić information content (AvgIpc) is 2.55. The van der Waals surface area contributed by atoms with Crippen LogP contribution in [0.25, 0.3) is 10.9 Å². The zero-order valence-corrected chi connectivity index (χ0v) is 14.4. The fourth-order valence-corrected chi connectivity index (χ4v) is 2.84. The molecule has 4 nitrogen and oxygen atoms in total. The summed E-state index contributed by atoms with van der Waals surface area (Å²) in [5.74, 6) is 1.24. The van der Waals surface area contributed by atoms with Gasteiger partial charge < -0.3 is 4.98 Å². The Hall–Kier alpha value is -2.46. The van der Waals surface area contributed by atoms with Gasteiger partial charge in [-0.3, -0.25) is 9.69 Å². The van der Waals surface area contributed by atoms with E-state index in [2.05, 4.69) is 53.0 Å². The molecule has 0 bridgehead atoms. The molecule has 0 amide bonds. The summed E-state index contributed by atoms with van der Waals surface area (Å²) >= 11 is 0. The monoisotopic (exact) mass is 321 g/mol. The van der Waals surface area contributed by atoms with Crippen LogP contribution in [0.1, 0.15) is 36.7 Å². The standard InChI is InChI=1S/C20H23N3O/c1-14(2)16-10-8-15(9-11-16)12-23(3)13-19-21-18-7-5-4-6-17(18)20(24)22-19/h4-11,14H,12-13H2,1-3H3,(H,21,22,24). The highest BCUT2D eigenvalue weighted by atomic mass is 16.1. The number of aromatic amines is 1. The van der Waals surface area contributed by atoms with E-state index in [0.29, 0.717) is 23.7 Å². The highest BCUT2D eigenvalue weighted by molar-refractivity contribution is 5.77. The van der Waals surface area contributed by atoms with Crippen LogP contribution in [0.15, 0.2) is 53.3 Å². The molecule has 1 heterocycles. The number of hydrogen-bond acceptors (Lipinski definition) is 3. The molecule has 3 rings (SSSR count). The molecular formula is C20H23N3O. The molecule has 3 aromatic rings. The molecule has 0 radical (unpaired) electrons. The summed E-state index contributed by atoms with van der Waals surface area (Å²) in [7, 11) is 2.03. The predicted octanol–water partition coefficient (Wildman–Crippen LogP) is 3.68. The van der Waals surface area contributed by atoms with Gasteiger partial charge in [-0.25, -0.2) is 4.98 Å². The number of hydrogen-bond donors (Lipinski definition) is 1. The molecule has 124 valence electrons. The smallest absolute Gasteiger partial charge is 0.258 e. The lowest BCUT2D eigenvalue weighted by molar-refractivity contribution is 0.310. The summed E-state index contributed by atoms with van der Waals surface area (Å²) < 4.78 is 0. The molecule has 2 aromatic carbocycles. The van der Waals surface area contributed by atoms with E-state index in [9.17, 15) is 4.79 Å². The van der Waals surface area contributed by atoms with Crippen molar-refractivity contribution in [3.05, 3.63) is 75.8 Å². The van der Waals surface area contributed by atoms with Crippen molar-refractivity contribution < 1.29 is 0 Å². The van der Waals surface area contributed by atoms with Crippen LogP contribution in [0.5, 0.6) is 0 Å². The first kappa shape index (κ1) is 16.4. The van der Waals surface area contributed by atoms with Gasteiger partial charge in [0.05, 0.1) is 17.4 Å². The van der Waals surface area contributed by atoms with Gasteiger partial charge in [-0.1, -0.05) is 50.2 Å². The van der Waals surface area contributed by atoms with Gasteiger partial charge in [-0.05, 0) is 36.2 Å². The van der Waals surface area contributed by atoms with Crippen LogP contribution >= 0.6 is 0 Å². The molecule has 0 saturated carbocycles. The van der Waals surface area contributed by atoms with Crippen LogP contribution in [0.4, 0.5) is 0 Å². The highest BCUT2D eigenvalue weighted by Gasteiger charge is 2.07. The Morgan fingerprint density at radius 1 is 1.04 bits per heavy atom. The normalized spacial score (nSPS) is 11.5. The Labute approximate surface area is 142 Å². The van der Waals surface area contributed by atoms with Gasteiger partial charge in [0, 0.05) is 6.54 Å². The van der Waals surface area contributed by atoms with E-state index < -0.39 is 0 Å². The van der Waals surface area contributed by atoms with Gasteiger partial charge >= 0.3 is 0 Å². The molecule has 0 saturated heterocycles. The number of rotatable bonds is 5. The number of nitrogens with zero attached hydrogens (tertiary/aromatic N) is 2. The maximum atomic E-state index is 12.1. The van der Waals surface area contributed by atoms with Crippen molar-refractivity contribution in [1.82, 2.24) is 14.9 Å². The predicted molar refractivity (Wildman–Crippen MR) is 98.1 cm³/mol. The second-order valence-electron chi connectivity index (χ2n) is 6.60. The number of benzene rings is 2. The van der Waals surface area contributed by atoms with Crippen molar-refractivity contribution in [2.75, 3.05) is 7.05 Å². The highest BCUT2D eigenvalue weighted by Crippen LogP contribution is 2.16. The van der Waals surface area contributed by atoms with E-state index >= 15 is 0 Å². The molecule has 4 heteroatoms. The first-order chi connectivity index (χ1) is 11.5. The lowest BCUT2D eigenvalue weighted by atomic mass is 10.0. The molecule has 24 heavy (non-hydrogen) atoms. The molecule has 0 spiro atoms. The second kappa shape index (κ2) is 6.97. The summed E-state index contributed by atoms with van der Waals surface area (Å²) in [4.78, 5) is 21.7. The summed E-state index contributed by atoms with van der Waals surface area (Å²) in [6, 6.07) is 16.1. The van der Waals surface area contributed by atoms with Gasteiger partial charge in [0.2, 0.25) is 0 Å². The van der Waals surface area contributed by atoms with Crippen molar-refractivity contribution in [3.63, 3.8) is 0 Å². The third kappa shape index (κ3) is 3.71. The Balaban J connectivity index is 1.72. The number of para-hydroxylation sites is 1. The fraction of sp³-hybridized carbons (Fsp3) is 0.300. The topological polar surface area (TPSA) is 49.0 Å². The first-order valence-electron chi connectivity index (χ1n) is 8.28. The summed E-state index contributed by atoms with van der Waals surface area (Å²) in [5.41, 5.74) is 3.27. The molecule has 0 fully saturated rings. The van der Waals surface area contributed by atoms with Crippen LogP contribution in [0, 0.1) is 0 Å². The van der Waals surface area contributed by atoms with Crippen molar-refractivity contribution in [3.8, 4) is 0 Å². The average molecular weight is 321 g/mol. The minimum Gasteiger partial charge on any atom is -0.309 e. The first-order valence-corrected chi connectivity index (χ1v) is 8.28. The third-order valence-electron chi connectivity index (χ3n) is 4.18. The maximum Gasteiger partial charge on any atom is 0.258 e. The molecular weight excluding hydrogens is 298 g/mol. The van der Waals surface area contributed by atoms with Crippen LogP contribution in [-0.4, -0.2) is 21.9 Å². The Bertz CT molecular complexity index is 881. The molecule has 0 aliphatic heterocycles. The van der Waals surface area contributed by atoms with E-state index in [1.807, 2.05) is 25.2 Å². The Kier molecular flexibility index (Phi) is 4.76. The maximum absolute atomic E-state index is 12.1. The van der Waals surface area contributed by atoms with Crippen molar-refractivity contribution in [2.45, 2.75) is 32.9 Å². The van der Waals surface area contributed by atoms with Gasteiger partial charge in [-0.15, -0.1) is 0 Å². The Morgan fingerprint density at radius 3 is 2.46 bits per heavy atom. The van der Waals surface area contributed by atoms with Gasteiger partial charge in [-0.2, -0.15) is 0 Å². The van der Waals surface area contributed by atoms with Gasteiger partial charge in [0.25, 0.3) is 5.56 Å². The number of H-pyrrole nitrogens is 1. The number of aromatic nitrogens is 2. The van der Waals surface area contributed by atoms with Crippen molar-refractivity contribution >= 4 is 10.9 Å². The molecule has 0 aliphatic rings. The largest absolute Gasteiger partial charge is 0.309 e. The molecule has 0 unspecified atom stereocenters. The summed E-state index contributed by atoms with van der Waals surface area (Å²) in [6.07, 6.45) is 0. The van der Waals surface area contributed by atoms with Crippen LogP contribution in [-0.2, 0) is 13.1 Å². The SMILES string of the molecule is CC(C)c1ccc(CN(C)Cc2nc3ccccc3c(=O)[nH]2)cc1. The fourth-order valence-electron chi connectivity index (χ4n) is 2.84. The quantitative estimate of drug-likeness (QED) is 0.780. The molecule has 0 atom stereocenters. The molecule has 1 N–H and O–H groups in total. The van der Waals surface area contributed by atoms with Crippen LogP contribution in [0.2, 0.25) is 0 Å². The van der Waals surface area contributed by atoms with Gasteiger partial charge in [0.15, 0.2) is 0 Å². The third-order valence-corrected chi connectivity index (χ3v) is 4.18. The number of fused-ring (bicyclic) bond motifs is 1. The van der Waals surface area contributed by atoms with Crippen LogP contribution < -0.4 is 5.56 Å². The minimum atomic E-state index is -0.0784. The molecule has 1 aromatic heterocycles. The summed E-state index contributed by atoms with van der Waals surface area (Å²) in [5, 5.41) is 0.633. The van der Waals surface area contributed by atoms with E-state index in [0.717, 1.165) is 12.1 Å².